The summed E-state index contributed by atoms with van der Waals surface area (Å²) in [7, 11) is 1.58. The summed E-state index contributed by atoms with van der Waals surface area (Å²) in [5.41, 5.74) is 0.927. The quantitative estimate of drug-likeness (QED) is 0.593. The van der Waals surface area contributed by atoms with Gasteiger partial charge in [0.25, 0.3) is 0 Å². The first kappa shape index (κ1) is 15.9. The van der Waals surface area contributed by atoms with Crippen LogP contribution in [0.1, 0.15) is 18.4 Å². The van der Waals surface area contributed by atoms with E-state index in [1.165, 1.54) is 0 Å². The first-order valence-electron chi connectivity index (χ1n) is 6.05. The number of carbonyl (C=O) groups is 2. The molecule has 1 aromatic carbocycles. The highest BCUT2D eigenvalue weighted by atomic mass is 16.7. The standard InChI is InChI=1S/C13H18N2O5/c1-19-10-4-2-9(3-5-10)8-15-11(13(18)20-14)6-7-12(16)17/h2-5,11,15H,6-8,14H2,1H3,(H,16,17)/t11-/m1/s1. The highest BCUT2D eigenvalue weighted by Crippen LogP contribution is 2.11. The number of methoxy groups -OCH3 is 1. The maximum Gasteiger partial charge on any atom is 0.341 e. The van der Waals surface area contributed by atoms with Crippen LogP contribution < -0.4 is 16.0 Å². The minimum absolute atomic E-state index is 0.113. The van der Waals surface area contributed by atoms with Crippen LogP contribution in [0.5, 0.6) is 5.75 Å². The lowest BCUT2D eigenvalue weighted by Crippen LogP contribution is -2.39. The molecule has 0 saturated carbocycles. The third kappa shape index (κ3) is 5.25. The number of carboxylic acid groups (broad SMARTS) is 1. The number of nitrogens with one attached hydrogen (secondary N) is 1. The first-order chi connectivity index (χ1) is 9.56. The van der Waals surface area contributed by atoms with Crippen molar-refractivity contribution in [3.05, 3.63) is 29.8 Å². The van der Waals surface area contributed by atoms with Crippen molar-refractivity contribution in [1.82, 2.24) is 5.32 Å². The van der Waals surface area contributed by atoms with Crippen LogP contribution in [0.15, 0.2) is 24.3 Å². The fourth-order valence-corrected chi connectivity index (χ4v) is 1.64. The molecule has 0 radical (unpaired) electrons. The lowest BCUT2D eigenvalue weighted by atomic mass is 10.1. The number of nitrogens with two attached hydrogens (primary N) is 1. The number of ether oxygens (including phenoxy) is 1. The molecule has 7 heteroatoms. The van der Waals surface area contributed by atoms with Gasteiger partial charge in [0.15, 0.2) is 0 Å². The van der Waals surface area contributed by atoms with Crippen molar-refractivity contribution >= 4 is 11.9 Å². The van der Waals surface area contributed by atoms with Crippen LogP contribution in [0.3, 0.4) is 0 Å². The Balaban J connectivity index is 2.55. The van der Waals surface area contributed by atoms with Gasteiger partial charge in [0.1, 0.15) is 11.8 Å². The summed E-state index contributed by atoms with van der Waals surface area (Å²) < 4.78 is 5.04. The Morgan fingerprint density at radius 1 is 1.35 bits per heavy atom. The van der Waals surface area contributed by atoms with Gasteiger partial charge in [0.2, 0.25) is 0 Å². The van der Waals surface area contributed by atoms with Crippen LogP contribution in [-0.2, 0) is 21.0 Å². The highest BCUT2D eigenvalue weighted by molar-refractivity contribution is 5.76. The number of carbonyl (C=O) groups excluding carboxylic acids is 1. The summed E-state index contributed by atoms with van der Waals surface area (Å²) in [6.45, 7) is 0.392. The molecule has 1 aromatic rings. The number of hydrogen-bond acceptors (Lipinski definition) is 6. The van der Waals surface area contributed by atoms with E-state index in [4.69, 9.17) is 15.7 Å². The van der Waals surface area contributed by atoms with Crippen molar-refractivity contribution in [2.45, 2.75) is 25.4 Å². The summed E-state index contributed by atoms with van der Waals surface area (Å²) in [5.74, 6) is 3.91. The molecule has 0 bridgehead atoms. The van der Waals surface area contributed by atoms with Gasteiger partial charge in [-0.1, -0.05) is 12.1 Å². The Hall–Kier alpha value is -2.12. The zero-order valence-corrected chi connectivity index (χ0v) is 11.2. The summed E-state index contributed by atoms with van der Waals surface area (Å²) in [5, 5.41) is 11.6. The van der Waals surface area contributed by atoms with E-state index < -0.39 is 18.0 Å². The Kier molecular flexibility index (Phi) is 6.48. The lowest BCUT2D eigenvalue weighted by molar-refractivity contribution is -0.147. The van der Waals surface area contributed by atoms with Crippen LogP contribution >= 0.6 is 0 Å². The van der Waals surface area contributed by atoms with E-state index in [2.05, 4.69) is 10.2 Å². The molecule has 0 fully saturated rings. The number of rotatable bonds is 8. The topological polar surface area (TPSA) is 111 Å². The zero-order chi connectivity index (χ0) is 15.0. The highest BCUT2D eigenvalue weighted by Gasteiger charge is 2.20. The predicted molar refractivity (Wildman–Crippen MR) is 70.8 cm³/mol. The number of carboxylic acids is 1. The Bertz CT molecular complexity index is 447. The van der Waals surface area contributed by atoms with E-state index in [0.717, 1.165) is 11.3 Å². The lowest BCUT2D eigenvalue weighted by Gasteiger charge is -2.15. The molecule has 0 saturated heterocycles. The maximum atomic E-state index is 11.4. The molecule has 0 amide bonds. The fourth-order valence-electron chi connectivity index (χ4n) is 1.64. The summed E-state index contributed by atoms with van der Waals surface area (Å²) in [6, 6.07) is 6.52. The minimum atomic E-state index is -0.980. The van der Waals surface area contributed by atoms with Crippen molar-refractivity contribution in [3.63, 3.8) is 0 Å². The van der Waals surface area contributed by atoms with Gasteiger partial charge in [0, 0.05) is 13.0 Å². The molecular formula is C13H18N2O5. The van der Waals surface area contributed by atoms with E-state index in [1.807, 2.05) is 12.1 Å². The van der Waals surface area contributed by atoms with Gasteiger partial charge in [0.05, 0.1) is 7.11 Å². The molecule has 110 valence electrons. The Labute approximate surface area is 116 Å². The van der Waals surface area contributed by atoms with Crippen LogP contribution in [-0.4, -0.2) is 30.2 Å². The van der Waals surface area contributed by atoms with E-state index in [9.17, 15) is 9.59 Å². The Morgan fingerprint density at radius 3 is 2.50 bits per heavy atom. The van der Waals surface area contributed by atoms with Gasteiger partial charge in [-0.3, -0.25) is 4.79 Å². The Morgan fingerprint density at radius 2 is 2.00 bits per heavy atom. The molecule has 0 aromatic heterocycles. The molecular weight excluding hydrogens is 264 g/mol. The second-order valence-corrected chi connectivity index (χ2v) is 4.15. The van der Waals surface area contributed by atoms with Crippen LogP contribution in [0, 0.1) is 0 Å². The van der Waals surface area contributed by atoms with Crippen LogP contribution in [0.25, 0.3) is 0 Å². The van der Waals surface area contributed by atoms with Gasteiger partial charge in [-0.2, -0.15) is 5.90 Å². The van der Waals surface area contributed by atoms with Crippen LogP contribution in [0.4, 0.5) is 0 Å². The van der Waals surface area contributed by atoms with Gasteiger partial charge in [-0.25, -0.2) is 4.79 Å². The fraction of sp³-hybridized carbons (Fsp3) is 0.385. The second-order valence-electron chi connectivity index (χ2n) is 4.15. The molecule has 7 nitrogen and oxygen atoms in total. The molecule has 0 aliphatic carbocycles. The summed E-state index contributed by atoms with van der Waals surface area (Å²) in [6.07, 6.45) is -0.0309. The van der Waals surface area contributed by atoms with Crippen molar-refractivity contribution in [1.29, 1.82) is 0 Å². The van der Waals surface area contributed by atoms with Crippen molar-refractivity contribution in [2.75, 3.05) is 7.11 Å². The molecule has 1 atom stereocenters. The SMILES string of the molecule is COc1ccc(CN[C@H](CCC(=O)O)C(=O)ON)cc1. The summed E-state index contributed by atoms with van der Waals surface area (Å²) >= 11 is 0. The van der Waals surface area contributed by atoms with E-state index in [0.29, 0.717) is 6.54 Å². The first-order valence-corrected chi connectivity index (χ1v) is 6.05. The zero-order valence-electron chi connectivity index (χ0n) is 11.2. The van der Waals surface area contributed by atoms with E-state index in [-0.39, 0.29) is 12.8 Å². The van der Waals surface area contributed by atoms with Crippen LogP contribution in [0.2, 0.25) is 0 Å². The third-order valence-electron chi connectivity index (χ3n) is 2.76. The molecule has 0 aliphatic heterocycles. The van der Waals surface area contributed by atoms with Gasteiger partial charge in [-0.05, 0) is 24.1 Å². The minimum Gasteiger partial charge on any atom is -0.497 e. The number of hydrogen-bond donors (Lipinski definition) is 3. The molecule has 20 heavy (non-hydrogen) atoms. The smallest absolute Gasteiger partial charge is 0.341 e. The van der Waals surface area contributed by atoms with E-state index >= 15 is 0 Å². The monoisotopic (exact) mass is 282 g/mol. The largest absolute Gasteiger partial charge is 0.497 e. The maximum absolute atomic E-state index is 11.4. The average molecular weight is 282 g/mol. The molecule has 0 unspecified atom stereocenters. The second kappa shape index (κ2) is 8.13. The molecule has 1 rings (SSSR count). The van der Waals surface area contributed by atoms with Crippen molar-refractivity contribution in [3.8, 4) is 5.75 Å². The molecule has 0 spiro atoms. The number of benzene rings is 1. The molecule has 0 heterocycles. The summed E-state index contributed by atoms with van der Waals surface area (Å²) in [4.78, 5) is 26.1. The molecule has 0 aliphatic rings. The average Bonchev–Trinajstić information content (AvgIpc) is 2.47. The van der Waals surface area contributed by atoms with Crippen molar-refractivity contribution < 1.29 is 24.3 Å². The van der Waals surface area contributed by atoms with E-state index in [1.54, 1.807) is 19.2 Å². The predicted octanol–water partition coefficient (Wildman–Crippen LogP) is 0.435. The van der Waals surface area contributed by atoms with Gasteiger partial charge < -0.3 is 20.0 Å². The normalized spacial score (nSPS) is 11.7. The molecule has 4 N–H and O–H groups in total. The van der Waals surface area contributed by atoms with Gasteiger partial charge in [-0.15, -0.1) is 0 Å². The van der Waals surface area contributed by atoms with Gasteiger partial charge >= 0.3 is 11.9 Å². The third-order valence-corrected chi connectivity index (χ3v) is 2.76. The van der Waals surface area contributed by atoms with Crippen molar-refractivity contribution in [2.24, 2.45) is 5.90 Å². The number of aliphatic carboxylic acids is 1.